The molecule has 3 aromatic carbocycles. The first-order valence-electron chi connectivity index (χ1n) is 8.88. The third-order valence-electron chi connectivity index (χ3n) is 4.27. The number of hydrogen-bond donors (Lipinski definition) is 1. The van der Waals surface area contributed by atoms with E-state index in [1.807, 2.05) is 12.1 Å². The van der Waals surface area contributed by atoms with Gasteiger partial charge < -0.3 is 10.1 Å². The minimum Gasteiger partial charge on any atom is -0.454 e. The molecule has 0 bridgehead atoms. The van der Waals surface area contributed by atoms with Crippen LogP contribution in [0.25, 0.3) is 10.9 Å². The van der Waals surface area contributed by atoms with Gasteiger partial charge in [-0.15, -0.1) is 0 Å². The number of hydrogen-bond acceptors (Lipinski definition) is 4. The highest BCUT2D eigenvalue weighted by Crippen LogP contribution is 2.33. The van der Waals surface area contributed by atoms with Crippen LogP contribution in [0.4, 0.5) is 5.69 Å². The van der Waals surface area contributed by atoms with Crippen LogP contribution in [0.2, 0.25) is 5.02 Å². The van der Waals surface area contributed by atoms with Crippen LogP contribution in [0, 0.1) is 0 Å². The molecule has 0 aliphatic heterocycles. The highest BCUT2D eigenvalue weighted by molar-refractivity contribution is 6.32. The average molecular weight is 406 g/mol. The van der Waals surface area contributed by atoms with Gasteiger partial charge in [-0.3, -0.25) is 14.3 Å². The number of carbonyl (C=O) groups excluding carboxylic acids is 1. The lowest BCUT2D eigenvalue weighted by Crippen LogP contribution is -2.22. The zero-order chi connectivity index (χ0) is 20.2. The minimum absolute atomic E-state index is 0.0543. The predicted octanol–water partition coefficient (Wildman–Crippen LogP) is 4.48. The average Bonchev–Trinajstić information content (AvgIpc) is 2.73. The van der Waals surface area contributed by atoms with Crippen molar-refractivity contribution in [2.45, 2.75) is 6.54 Å². The second kappa shape index (κ2) is 8.16. The van der Waals surface area contributed by atoms with Gasteiger partial charge in [-0.05, 0) is 36.4 Å². The highest BCUT2D eigenvalue weighted by atomic mass is 35.5. The van der Waals surface area contributed by atoms with E-state index in [0.717, 1.165) is 0 Å². The first-order chi connectivity index (χ1) is 14.1. The summed E-state index contributed by atoms with van der Waals surface area (Å²) in [7, 11) is 0. The monoisotopic (exact) mass is 405 g/mol. The van der Waals surface area contributed by atoms with Crippen LogP contribution in [0.3, 0.4) is 0 Å². The molecule has 0 fully saturated rings. The molecular weight excluding hydrogens is 390 g/mol. The SMILES string of the molecule is O=C(Cn1ncc(=O)c2ccccc21)Nc1ccccc1Oc1ccccc1Cl. The number of ether oxygens (including phenoxy) is 1. The van der Waals surface area contributed by atoms with Crippen molar-refractivity contribution in [3.05, 3.63) is 94.2 Å². The Hall–Kier alpha value is -3.64. The van der Waals surface area contributed by atoms with E-state index in [-0.39, 0.29) is 17.9 Å². The van der Waals surface area contributed by atoms with E-state index in [2.05, 4.69) is 10.4 Å². The number of nitrogens with zero attached hydrogens (tertiary/aromatic N) is 2. The molecule has 0 spiro atoms. The molecule has 0 atom stereocenters. The van der Waals surface area contributed by atoms with Gasteiger partial charge in [0.15, 0.2) is 5.75 Å². The number of carbonyl (C=O) groups is 1. The summed E-state index contributed by atoms with van der Waals surface area (Å²) in [6, 6.07) is 21.2. The molecule has 1 N–H and O–H groups in total. The van der Waals surface area contributed by atoms with Crippen LogP contribution in [0.5, 0.6) is 11.5 Å². The number of benzene rings is 3. The highest BCUT2D eigenvalue weighted by Gasteiger charge is 2.12. The van der Waals surface area contributed by atoms with E-state index < -0.39 is 0 Å². The first-order valence-corrected chi connectivity index (χ1v) is 9.26. The quantitative estimate of drug-likeness (QED) is 0.531. The van der Waals surface area contributed by atoms with Crippen molar-refractivity contribution in [1.82, 2.24) is 9.78 Å². The number of amides is 1. The second-order valence-corrected chi connectivity index (χ2v) is 6.67. The summed E-state index contributed by atoms with van der Waals surface area (Å²) >= 11 is 6.16. The van der Waals surface area contributed by atoms with Gasteiger partial charge in [-0.1, -0.05) is 48.0 Å². The van der Waals surface area contributed by atoms with Crippen LogP contribution in [-0.2, 0) is 11.3 Å². The second-order valence-electron chi connectivity index (χ2n) is 6.26. The molecule has 0 unspecified atom stereocenters. The van der Waals surface area contributed by atoms with Crippen molar-refractivity contribution >= 4 is 34.1 Å². The van der Waals surface area contributed by atoms with Crippen molar-refractivity contribution < 1.29 is 9.53 Å². The van der Waals surface area contributed by atoms with Crippen molar-refractivity contribution in [1.29, 1.82) is 0 Å². The number of aromatic nitrogens is 2. The van der Waals surface area contributed by atoms with E-state index in [1.165, 1.54) is 10.9 Å². The van der Waals surface area contributed by atoms with Gasteiger partial charge in [0.1, 0.15) is 12.3 Å². The Labute approximate surface area is 171 Å². The van der Waals surface area contributed by atoms with E-state index >= 15 is 0 Å². The number of fused-ring (bicyclic) bond motifs is 1. The van der Waals surface area contributed by atoms with Crippen LogP contribution in [0.1, 0.15) is 0 Å². The van der Waals surface area contributed by atoms with Gasteiger partial charge in [0.25, 0.3) is 0 Å². The number of para-hydroxylation sites is 4. The van der Waals surface area contributed by atoms with E-state index in [0.29, 0.717) is 33.1 Å². The van der Waals surface area contributed by atoms with Gasteiger partial charge in [0.05, 0.1) is 22.4 Å². The topological polar surface area (TPSA) is 73.2 Å². The Morgan fingerprint density at radius 2 is 1.66 bits per heavy atom. The molecule has 6 nitrogen and oxygen atoms in total. The minimum atomic E-state index is -0.304. The Kier molecular flexibility index (Phi) is 5.27. The molecule has 4 rings (SSSR count). The van der Waals surface area contributed by atoms with Gasteiger partial charge in [-0.2, -0.15) is 5.10 Å². The number of nitrogens with one attached hydrogen (secondary N) is 1. The van der Waals surface area contributed by atoms with E-state index in [9.17, 15) is 9.59 Å². The maximum absolute atomic E-state index is 12.7. The standard InChI is InChI=1S/C22H16ClN3O3/c23-16-8-2-5-11-20(16)29-21-12-6-3-9-17(21)25-22(28)14-26-18-10-4-1-7-15(18)19(27)13-24-26/h1-13H,14H2,(H,25,28). The summed E-state index contributed by atoms with van der Waals surface area (Å²) < 4.78 is 7.36. The maximum Gasteiger partial charge on any atom is 0.246 e. The zero-order valence-corrected chi connectivity index (χ0v) is 16.0. The molecule has 7 heteroatoms. The van der Waals surface area contributed by atoms with Crippen LogP contribution >= 0.6 is 11.6 Å². The summed E-state index contributed by atoms with van der Waals surface area (Å²) in [5.74, 6) is 0.650. The van der Waals surface area contributed by atoms with Crippen LogP contribution in [-0.4, -0.2) is 15.7 Å². The molecule has 1 aromatic heterocycles. The van der Waals surface area contributed by atoms with Crippen molar-refractivity contribution in [2.75, 3.05) is 5.32 Å². The van der Waals surface area contributed by atoms with Gasteiger partial charge >= 0.3 is 0 Å². The van der Waals surface area contributed by atoms with Crippen LogP contribution in [0.15, 0.2) is 83.8 Å². The predicted molar refractivity (Wildman–Crippen MR) is 113 cm³/mol. The fourth-order valence-electron chi connectivity index (χ4n) is 2.92. The maximum atomic E-state index is 12.7. The molecule has 1 amide bonds. The fourth-order valence-corrected chi connectivity index (χ4v) is 3.09. The number of anilines is 1. The zero-order valence-electron chi connectivity index (χ0n) is 15.2. The lowest BCUT2D eigenvalue weighted by Gasteiger charge is -2.14. The molecule has 1 heterocycles. The fraction of sp³-hybridized carbons (Fsp3) is 0.0455. The summed E-state index contributed by atoms with van der Waals surface area (Å²) in [4.78, 5) is 24.6. The Bertz CT molecular complexity index is 1250. The Balaban J connectivity index is 1.56. The smallest absolute Gasteiger partial charge is 0.246 e. The first kappa shape index (κ1) is 18.7. The molecule has 29 heavy (non-hydrogen) atoms. The lowest BCUT2D eigenvalue weighted by molar-refractivity contribution is -0.116. The Morgan fingerprint density at radius 3 is 2.48 bits per heavy atom. The van der Waals surface area contributed by atoms with Gasteiger partial charge in [0, 0.05) is 5.39 Å². The van der Waals surface area contributed by atoms with Crippen molar-refractivity contribution in [3.8, 4) is 11.5 Å². The van der Waals surface area contributed by atoms with Crippen molar-refractivity contribution in [3.63, 3.8) is 0 Å². The molecule has 0 aliphatic rings. The summed E-state index contributed by atoms with van der Waals surface area (Å²) in [6.45, 7) is -0.0543. The van der Waals surface area contributed by atoms with Crippen molar-refractivity contribution in [2.24, 2.45) is 0 Å². The van der Waals surface area contributed by atoms with Crippen LogP contribution < -0.4 is 15.5 Å². The molecule has 0 saturated carbocycles. The van der Waals surface area contributed by atoms with E-state index in [4.69, 9.17) is 16.3 Å². The largest absolute Gasteiger partial charge is 0.454 e. The lowest BCUT2D eigenvalue weighted by atomic mass is 10.2. The molecule has 144 valence electrons. The number of rotatable bonds is 5. The summed E-state index contributed by atoms with van der Waals surface area (Å²) in [5, 5.41) is 7.90. The Morgan fingerprint density at radius 1 is 0.966 bits per heavy atom. The molecule has 0 radical (unpaired) electrons. The van der Waals surface area contributed by atoms with E-state index in [1.54, 1.807) is 60.7 Å². The normalized spacial score (nSPS) is 10.7. The third kappa shape index (κ3) is 4.12. The molecular formula is C22H16ClN3O3. The summed E-state index contributed by atoms with van der Waals surface area (Å²) in [6.07, 6.45) is 1.21. The van der Waals surface area contributed by atoms with Gasteiger partial charge in [-0.25, -0.2) is 0 Å². The molecule has 0 aliphatic carbocycles. The number of halogens is 1. The summed E-state index contributed by atoms with van der Waals surface area (Å²) in [5.41, 5.74) is 0.911. The third-order valence-corrected chi connectivity index (χ3v) is 4.59. The molecule has 0 saturated heterocycles. The molecule has 4 aromatic rings. The van der Waals surface area contributed by atoms with Gasteiger partial charge in [0.2, 0.25) is 11.3 Å².